The number of hydrogen-bond acceptors (Lipinski definition) is 5. The maximum absolute atomic E-state index is 13.6. The van der Waals surface area contributed by atoms with E-state index in [0.717, 1.165) is 6.07 Å². The van der Waals surface area contributed by atoms with Crippen LogP contribution < -0.4 is 9.47 Å². The Morgan fingerprint density at radius 2 is 2.09 bits per heavy atom. The van der Waals surface area contributed by atoms with Crippen molar-refractivity contribution in [1.82, 2.24) is 0 Å². The SMILES string of the molecule is COc1ccc(C(O)COc2cccc([N+](=O)[O-])c2)cc1F. The zero-order valence-corrected chi connectivity index (χ0v) is 11.7. The lowest BCUT2D eigenvalue weighted by molar-refractivity contribution is -0.384. The summed E-state index contributed by atoms with van der Waals surface area (Å²) in [4.78, 5) is 10.1. The van der Waals surface area contributed by atoms with Crippen LogP contribution in [0.4, 0.5) is 10.1 Å². The zero-order valence-electron chi connectivity index (χ0n) is 11.7. The molecule has 1 unspecified atom stereocenters. The first kappa shape index (κ1) is 15.7. The predicted octanol–water partition coefficient (Wildman–Crippen LogP) is 2.85. The first-order valence-corrected chi connectivity index (χ1v) is 6.40. The van der Waals surface area contributed by atoms with Gasteiger partial charge in [-0.2, -0.15) is 0 Å². The number of nitrogens with zero attached hydrogens (tertiary/aromatic N) is 1. The van der Waals surface area contributed by atoms with Crippen LogP contribution in [0, 0.1) is 15.9 Å². The number of rotatable bonds is 6. The van der Waals surface area contributed by atoms with E-state index < -0.39 is 16.8 Å². The van der Waals surface area contributed by atoms with Gasteiger partial charge in [-0.3, -0.25) is 10.1 Å². The summed E-state index contributed by atoms with van der Waals surface area (Å²) in [5.41, 5.74) is 0.214. The summed E-state index contributed by atoms with van der Waals surface area (Å²) in [6.07, 6.45) is -1.07. The molecule has 22 heavy (non-hydrogen) atoms. The molecular formula is C15H14FNO5. The highest BCUT2D eigenvalue weighted by atomic mass is 19.1. The lowest BCUT2D eigenvalue weighted by Gasteiger charge is -2.13. The Morgan fingerprint density at radius 1 is 1.32 bits per heavy atom. The van der Waals surface area contributed by atoms with Crippen LogP contribution >= 0.6 is 0 Å². The van der Waals surface area contributed by atoms with E-state index in [1.165, 1.54) is 43.5 Å². The van der Waals surface area contributed by atoms with Crippen molar-refractivity contribution in [3.05, 3.63) is 64.0 Å². The van der Waals surface area contributed by atoms with Crippen LogP contribution in [0.5, 0.6) is 11.5 Å². The Labute approximate surface area is 125 Å². The second-order valence-corrected chi connectivity index (χ2v) is 4.48. The standard InChI is InChI=1S/C15H14FNO5/c1-21-15-6-5-10(7-13(15)16)14(18)9-22-12-4-2-3-11(8-12)17(19)20/h2-8,14,18H,9H2,1H3. The van der Waals surface area contributed by atoms with Crippen molar-refractivity contribution in [2.45, 2.75) is 6.10 Å². The Balaban J connectivity index is 2.03. The van der Waals surface area contributed by atoms with Gasteiger partial charge in [0.2, 0.25) is 0 Å². The van der Waals surface area contributed by atoms with Gasteiger partial charge in [0, 0.05) is 6.07 Å². The fraction of sp³-hybridized carbons (Fsp3) is 0.200. The molecule has 0 amide bonds. The molecule has 0 saturated carbocycles. The summed E-state index contributed by atoms with van der Waals surface area (Å²) in [7, 11) is 1.35. The van der Waals surface area contributed by atoms with Crippen LogP contribution in [0.25, 0.3) is 0 Å². The van der Waals surface area contributed by atoms with Gasteiger partial charge in [-0.15, -0.1) is 0 Å². The van der Waals surface area contributed by atoms with Gasteiger partial charge in [0.15, 0.2) is 11.6 Å². The van der Waals surface area contributed by atoms with Gasteiger partial charge in [0.05, 0.1) is 18.1 Å². The molecule has 0 aliphatic rings. The molecule has 2 aromatic carbocycles. The van der Waals surface area contributed by atoms with Crippen LogP contribution in [0.3, 0.4) is 0 Å². The van der Waals surface area contributed by atoms with Gasteiger partial charge in [0.25, 0.3) is 5.69 Å². The average molecular weight is 307 g/mol. The van der Waals surface area contributed by atoms with Crippen LogP contribution in [0.15, 0.2) is 42.5 Å². The second-order valence-electron chi connectivity index (χ2n) is 4.48. The monoisotopic (exact) mass is 307 g/mol. The molecule has 0 fully saturated rings. The number of hydrogen-bond donors (Lipinski definition) is 1. The third-order valence-electron chi connectivity index (χ3n) is 3.00. The molecular weight excluding hydrogens is 293 g/mol. The lowest BCUT2D eigenvalue weighted by Crippen LogP contribution is -2.10. The number of benzene rings is 2. The molecule has 0 radical (unpaired) electrons. The summed E-state index contributed by atoms with van der Waals surface area (Å²) in [6, 6.07) is 9.68. The molecule has 7 heteroatoms. The van der Waals surface area contributed by atoms with Crippen molar-refractivity contribution in [1.29, 1.82) is 0 Å². The van der Waals surface area contributed by atoms with Crippen LogP contribution in [-0.4, -0.2) is 23.7 Å². The Hall–Kier alpha value is -2.67. The molecule has 0 heterocycles. The third-order valence-corrected chi connectivity index (χ3v) is 3.00. The van der Waals surface area contributed by atoms with E-state index in [-0.39, 0.29) is 23.8 Å². The molecule has 6 nitrogen and oxygen atoms in total. The van der Waals surface area contributed by atoms with E-state index in [9.17, 15) is 19.6 Å². The van der Waals surface area contributed by atoms with Gasteiger partial charge >= 0.3 is 0 Å². The second kappa shape index (κ2) is 6.86. The van der Waals surface area contributed by atoms with E-state index in [4.69, 9.17) is 9.47 Å². The molecule has 1 atom stereocenters. The smallest absolute Gasteiger partial charge is 0.273 e. The Morgan fingerprint density at radius 3 is 2.73 bits per heavy atom. The molecule has 0 bridgehead atoms. The number of methoxy groups -OCH3 is 1. The van der Waals surface area contributed by atoms with Gasteiger partial charge in [0.1, 0.15) is 18.5 Å². The number of aliphatic hydroxyl groups is 1. The third kappa shape index (κ3) is 3.70. The van der Waals surface area contributed by atoms with E-state index >= 15 is 0 Å². The minimum atomic E-state index is -1.07. The molecule has 0 aromatic heterocycles. The quantitative estimate of drug-likeness (QED) is 0.655. The highest BCUT2D eigenvalue weighted by Gasteiger charge is 2.13. The Bertz CT molecular complexity index is 677. The molecule has 2 rings (SSSR count). The van der Waals surface area contributed by atoms with Crippen LogP contribution in [0.1, 0.15) is 11.7 Å². The summed E-state index contributed by atoms with van der Waals surface area (Å²) in [5.74, 6) is -0.257. The molecule has 0 spiro atoms. The zero-order chi connectivity index (χ0) is 16.1. The summed E-state index contributed by atoms with van der Waals surface area (Å²) >= 11 is 0. The fourth-order valence-corrected chi connectivity index (χ4v) is 1.85. The first-order valence-electron chi connectivity index (χ1n) is 6.40. The van der Waals surface area contributed by atoms with Gasteiger partial charge < -0.3 is 14.6 Å². The number of non-ortho nitro benzene ring substituents is 1. The average Bonchev–Trinajstić information content (AvgIpc) is 2.52. The van der Waals surface area contributed by atoms with E-state index in [2.05, 4.69) is 0 Å². The van der Waals surface area contributed by atoms with Crippen molar-refractivity contribution in [3.63, 3.8) is 0 Å². The van der Waals surface area contributed by atoms with Crippen molar-refractivity contribution >= 4 is 5.69 Å². The van der Waals surface area contributed by atoms with Gasteiger partial charge in [-0.1, -0.05) is 12.1 Å². The van der Waals surface area contributed by atoms with Crippen molar-refractivity contribution in [2.75, 3.05) is 13.7 Å². The maximum atomic E-state index is 13.6. The number of aliphatic hydroxyl groups excluding tert-OH is 1. The van der Waals surface area contributed by atoms with Crippen LogP contribution in [0.2, 0.25) is 0 Å². The Kier molecular flexibility index (Phi) is 4.90. The van der Waals surface area contributed by atoms with Gasteiger partial charge in [-0.25, -0.2) is 4.39 Å². The number of ether oxygens (including phenoxy) is 2. The molecule has 0 aliphatic heterocycles. The number of nitro benzene ring substituents is 1. The summed E-state index contributed by atoms with van der Waals surface area (Å²) in [6.45, 7) is -0.160. The normalized spacial score (nSPS) is 11.8. The molecule has 1 N–H and O–H groups in total. The molecule has 2 aromatic rings. The molecule has 116 valence electrons. The first-order chi connectivity index (χ1) is 10.5. The van der Waals surface area contributed by atoms with E-state index in [0.29, 0.717) is 5.56 Å². The highest BCUT2D eigenvalue weighted by Crippen LogP contribution is 2.24. The predicted molar refractivity (Wildman–Crippen MR) is 76.5 cm³/mol. The maximum Gasteiger partial charge on any atom is 0.273 e. The summed E-state index contributed by atoms with van der Waals surface area (Å²) < 4.78 is 23.7. The fourth-order valence-electron chi connectivity index (χ4n) is 1.85. The van der Waals surface area contributed by atoms with E-state index in [1.54, 1.807) is 0 Å². The van der Waals surface area contributed by atoms with Crippen molar-refractivity contribution < 1.29 is 23.9 Å². The summed E-state index contributed by atoms with van der Waals surface area (Å²) in [5, 5.41) is 20.6. The van der Waals surface area contributed by atoms with Crippen LogP contribution in [-0.2, 0) is 0 Å². The highest BCUT2D eigenvalue weighted by molar-refractivity contribution is 5.38. The largest absolute Gasteiger partial charge is 0.494 e. The molecule has 0 saturated heterocycles. The minimum Gasteiger partial charge on any atom is -0.494 e. The minimum absolute atomic E-state index is 0.0792. The molecule has 0 aliphatic carbocycles. The van der Waals surface area contributed by atoms with E-state index in [1.807, 2.05) is 0 Å². The van der Waals surface area contributed by atoms with Crippen molar-refractivity contribution in [2.24, 2.45) is 0 Å². The lowest BCUT2D eigenvalue weighted by atomic mass is 10.1. The number of nitro groups is 1. The van der Waals surface area contributed by atoms with Gasteiger partial charge in [-0.05, 0) is 23.8 Å². The topological polar surface area (TPSA) is 81.8 Å². The number of halogens is 1. The van der Waals surface area contributed by atoms with Crippen molar-refractivity contribution in [3.8, 4) is 11.5 Å².